The van der Waals surface area contributed by atoms with Crippen molar-refractivity contribution in [3.05, 3.63) is 164 Å². The molecule has 0 bridgehead atoms. The minimum Gasteiger partial charge on any atom is -0.466 e. The van der Waals surface area contributed by atoms with Crippen LogP contribution >= 0.6 is 23.2 Å². The zero-order valence-electron chi connectivity index (χ0n) is 43.4. The highest BCUT2D eigenvalue weighted by molar-refractivity contribution is 6.31. The molecule has 0 unspecified atom stereocenters. The van der Waals surface area contributed by atoms with Gasteiger partial charge in [-0.25, -0.2) is 28.8 Å². The Morgan fingerprint density at radius 1 is 0.474 bits per heavy atom. The molecule has 2 amide bonds. The topological polar surface area (TPSA) is 257 Å². The fraction of sp³-hybridized carbons (Fsp3) is 0.259. The molecule has 2 heterocycles. The maximum absolute atomic E-state index is 13.8. The number of nitrogens with two attached hydrogens (primary N) is 2. The molecule has 0 radical (unpaired) electrons. The summed E-state index contributed by atoms with van der Waals surface area (Å²) in [7, 11) is 11.3. The van der Waals surface area contributed by atoms with Crippen LogP contribution in [0.1, 0.15) is 36.8 Å². The smallest absolute Gasteiger partial charge is 0.355 e. The van der Waals surface area contributed by atoms with E-state index in [1.165, 1.54) is 19.6 Å². The minimum absolute atomic E-state index is 0.0264. The van der Waals surface area contributed by atoms with Crippen molar-refractivity contribution in [1.82, 2.24) is 9.80 Å². The number of hydrogen-bond donors (Lipinski definition) is 2. The molecule has 76 heavy (non-hydrogen) atoms. The third-order valence-electron chi connectivity index (χ3n) is 11.1. The van der Waals surface area contributed by atoms with Crippen molar-refractivity contribution in [3.8, 4) is 11.1 Å². The Balaban J connectivity index is 0.00000114. The van der Waals surface area contributed by atoms with Crippen molar-refractivity contribution in [1.29, 1.82) is 0 Å². The van der Waals surface area contributed by atoms with Crippen LogP contribution in [0.3, 0.4) is 0 Å². The maximum Gasteiger partial charge on any atom is 0.355 e. The number of nitrogens with zero attached hydrogens (tertiary/aromatic N) is 4. The molecule has 0 saturated heterocycles. The van der Waals surface area contributed by atoms with Crippen LogP contribution in [0.2, 0.25) is 10.0 Å². The Kier molecular flexibility index (Phi) is 21.8. The van der Waals surface area contributed by atoms with Gasteiger partial charge in [-0.3, -0.25) is 19.4 Å². The Morgan fingerprint density at radius 3 is 0.987 bits per heavy atom. The van der Waals surface area contributed by atoms with E-state index in [1.807, 2.05) is 0 Å². The van der Waals surface area contributed by atoms with E-state index < -0.39 is 47.7 Å². The van der Waals surface area contributed by atoms with Gasteiger partial charge in [0.25, 0.3) is 0 Å². The normalized spacial score (nSPS) is 14.9. The lowest BCUT2D eigenvalue weighted by atomic mass is 9.80. The molecule has 20 nitrogen and oxygen atoms in total. The second-order valence-corrected chi connectivity index (χ2v) is 17.3. The first-order chi connectivity index (χ1) is 36.2. The van der Waals surface area contributed by atoms with Crippen molar-refractivity contribution in [2.75, 3.05) is 79.6 Å². The van der Waals surface area contributed by atoms with Crippen LogP contribution in [0.5, 0.6) is 0 Å². The molecule has 0 spiro atoms. The number of methoxy groups -OCH3 is 4. The van der Waals surface area contributed by atoms with Crippen molar-refractivity contribution in [2.45, 2.75) is 25.7 Å². The second kappa shape index (κ2) is 27.6. The van der Waals surface area contributed by atoms with Gasteiger partial charge in [0.15, 0.2) is 0 Å². The summed E-state index contributed by atoms with van der Waals surface area (Å²) in [6.07, 6.45) is 1.50. The third kappa shape index (κ3) is 13.6. The first-order valence-electron chi connectivity index (χ1n) is 22.9. The largest absolute Gasteiger partial charge is 0.466 e. The molecule has 0 aliphatic carbocycles. The van der Waals surface area contributed by atoms with Gasteiger partial charge in [0.05, 0.1) is 75.8 Å². The highest BCUT2D eigenvalue weighted by Gasteiger charge is 2.47. The van der Waals surface area contributed by atoms with Crippen LogP contribution < -0.4 is 21.3 Å². The number of benzene rings is 4. The number of carbonyl (C=O) groups is 8. The van der Waals surface area contributed by atoms with E-state index in [-0.39, 0.29) is 69.9 Å². The zero-order valence-corrected chi connectivity index (χ0v) is 44.9. The number of rotatable bonds is 15. The van der Waals surface area contributed by atoms with Crippen LogP contribution in [0.4, 0.5) is 11.4 Å². The lowest BCUT2D eigenvalue weighted by molar-refractivity contribution is -0.141. The summed E-state index contributed by atoms with van der Waals surface area (Å²) < 4.78 is 31.6. The number of esters is 6. The lowest BCUT2D eigenvalue weighted by Gasteiger charge is -2.37. The number of hydrogen-bond acceptors (Lipinski definition) is 18. The summed E-state index contributed by atoms with van der Waals surface area (Å²) in [6.45, 7) is 3.17. The monoisotopic (exact) mass is 1080 g/mol. The van der Waals surface area contributed by atoms with Gasteiger partial charge >= 0.3 is 35.8 Å². The average Bonchev–Trinajstić information content (AvgIpc) is 3.42. The highest BCUT2D eigenvalue weighted by atomic mass is 35.5. The summed E-state index contributed by atoms with van der Waals surface area (Å²) in [5.74, 6) is -8.34. The molecule has 6 rings (SSSR count). The van der Waals surface area contributed by atoms with Crippen LogP contribution in [-0.2, 0) is 66.8 Å². The molecule has 2 aliphatic rings. The molecule has 4 N–H and O–H groups in total. The van der Waals surface area contributed by atoms with Crippen LogP contribution in [0.15, 0.2) is 142 Å². The van der Waals surface area contributed by atoms with Gasteiger partial charge in [-0.1, -0.05) is 71.7 Å². The van der Waals surface area contributed by atoms with Gasteiger partial charge in [0, 0.05) is 49.6 Å². The van der Waals surface area contributed by atoms with Gasteiger partial charge < -0.3 is 49.7 Å². The average molecular weight is 1090 g/mol. The molecular formula is C54H58Cl2N6O14. The summed E-state index contributed by atoms with van der Waals surface area (Å²) in [4.78, 5) is 107. The predicted molar refractivity (Wildman–Crippen MR) is 283 cm³/mol. The van der Waals surface area contributed by atoms with Gasteiger partial charge in [-0.15, -0.1) is 0 Å². The van der Waals surface area contributed by atoms with E-state index in [9.17, 15) is 38.4 Å². The molecule has 0 fully saturated rings. The standard InChI is InChI=1S/C48H44Cl2N4O12.2C3H7NO/c1-7-65-45(57)37-33(27-9-17-29(49)18-10-27)35(43(55)61-3)39(47(59)63-5)53(41(37)51)31-21-13-25(14-22-31)26-15-23-32(24-16-26)54-40(48(60)64-6)36(44(56)62-4)34(28-11-19-30(50)20-12-28)38(42(54)52)46(58)66-8-2;2*1-4(2)3-5/h9-24,33-34H,7-8,51-52H2,1-6H3;2*3H,1-2H3/t33-,34+;;. The van der Waals surface area contributed by atoms with E-state index in [4.69, 9.17) is 63.1 Å². The van der Waals surface area contributed by atoms with E-state index in [0.29, 0.717) is 32.3 Å². The Hall–Kier alpha value is -8.62. The van der Waals surface area contributed by atoms with Crippen LogP contribution in [0.25, 0.3) is 11.1 Å². The molecule has 22 heteroatoms. The van der Waals surface area contributed by atoms with E-state index in [1.54, 1.807) is 139 Å². The molecule has 0 aromatic heterocycles. The molecule has 2 aliphatic heterocycles. The summed E-state index contributed by atoms with van der Waals surface area (Å²) in [6, 6.07) is 25.8. The van der Waals surface area contributed by atoms with Crippen LogP contribution in [-0.4, -0.2) is 128 Å². The van der Waals surface area contributed by atoms with Crippen molar-refractivity contribution < 1.29 is 66.8 Å². The molecule has 402 valence electrons. The molecule has 0 saturated carbocycles. The molecule has 4 aromatic rings. The number of ether oxygens (including phenoxy) is 6. The van der Waals surface area contributed by atoms with Gasteiger partial charge in [0.1, 0.15) is 23.0 Å². The fourth-order valence-corrected chi connectivity index (χ4v) is 8.06. The molecule has 2 atom stereocenters. The second-order valence-electron chi connectivity index (χ2n) is 16.4. The number of carbonyl (C=O) groups excluding carboxylic acids is 8. The first-order valence-corrected chi connectivity index (χ1v) is 23.7. The number of amides is 2. The number of anilines is 2. The van der Waals surface area contributed by atoms with Gasteiger partial charge in [-0.2, -0.15) is 0 Å². The fourth-order valence-electron chi connectivity index (χ4n) is 7.81. The van der Waals surface area contributed by atoms with Crippen molar-refractivity contribution in [3.63, 3.8) is 0 Å². The summed E-state index contributed by atoms with van der Waals surface area (Å²) in [5, 5.41) is 0.763. The zero-order chi connectivity index (χ0) is 56.6. The van der Waals surface area contributed by atoms with Gasteiger partial charge in [-0.05, 0) is 84.6 Å². The summed E-state index contributed by atoms with van der Waals surface area (Å²) >= 11 is 12.4. The quantitative estimate of drug-likeness (QED) is 0.0793. The summed E-state index contributed by atoms with van der Waals surface area (Å²) in [5.41, 5.74) is 14.8. The SMILES string of the molecule is CCOC(=O)C1=C(N)N(c2ccc(-c3ccc(N4C(N)=C(C(=O)OCC)[C@H](c5ccc(Cl)cc5)C(C(=O)OC)=C4C(=O)OC)cc3)cc2)C(C(=O)OC)=C(C(=O)OC)[C@@H]1c1ccc(Cl)cc1.CN(C)C=O.CN(C)C=O. The minimum atomic E-state index is -1.23. The van der Waals surface area contributed by atoms with E-state index in [0.717, 1.165) is 41.3 Å². The number of halogens is 2. The lowest BCUT2D eigenvalue weighted by Crippen LogP contribution is -2.42. The Labute approximate surface area is 449 Å². The molecular weight excluding hydrogens is 1030 g/mol. The van der Waals surface area contributed by atoms with Crippen molar-refractivity contribution in [2.24, 2.45) is 11.5 Å². The van der Waals surface area contributed by atoms with Crippen LogP contribution in [0, 0.1) is 0 Å². The first kappa shape index (κ1) is 59.9. The predicted octanol–water partition coefficient (Wildman–Crippen LogP) is 5.94. The Morgan fingerprint density at radius 2 is 0.750 bits per heavy atom. The molecule has 4 aromatic carbocycles. The Bertz CT molecular complexity index is 2740. The highest BCUT2D eigenvalue weighted by Crippen LogP contribution is 2.46. The third-order valence-corrected chi connectivity index (χ3v) is 11.6. The van der Waals surface area contributed by atoms with E-state index >= 15 is 0 Å². The van der Waals surface area contributed by atoms with Crippen molar-refractivity contribution >= 4 is 83.2 Å². The maximum atomic E-state index is 13.8. The van der Waals surface area contributed by atoms with E-state index in [2.05, 4.69) is 0 Å². The van der Waals surface area contributed by atoms with Gasteiger partial charge in [0.2, 0.25) is 12.8 Å².